The molecule has 0 aromatic heterocycles. The molecule has 0 amide bonds. The number of aliphatic imine (C=N–C) groups is 1. The van der Waals surface area contributed by atoms with E-state index in [0.717, 1.165) is 4.47 Å². The van der Waals surface area contributed by atoms with E-state index in [9.17, 15) is 19.7 Å². The van der Waals surface area contributed by atoms with Crippen LogP contribution in [0.4, 0.5) is 5.69 Å². The van der Waals surface area contributed by atoms with E-state index in [1.165, 1.54) is 30.3 Å². The zero-order valence-electron chi connectivity index (χ0n) is 16.2. The number of hydrogen-bond donors (Lipinski definition) is 0. The monoisotopic (exact) mass is 492 g/mol. The molecule has 0 saturated heterocycles. The number of carbonyl (C=O) groups is 2. The Balaban J connectivity index is 1.52. The summed E-state index contributed by atoms with van der Waals surface area (Å²) in [6.07, 6.45) is 1.52. The van der Waals surface area contributed by atoms with Crippen molar-refractivity contribution in [2.45, 2.75) is 0 Å². The van der Waals surface area contributed by atoms with Gasteiger partial charge in [-0.1, -0.05) is 34.1 Å². The van der Waals surface area contributed by atoms with Crippen molar-refractivity contribution in [2.24, 2.45) is 4.99 Å². The molecule has 3 aromatic carbocycles. The maximum absolute atomic E-state index is 12.3. The standard InChI is InChI=1S/C23H13BrN2O6/c24-17-5-2-4-16(13-17)21-25-20(23(28)32-21)12-14-3-1-6-19(11-14)31-22(27)15-7-9-18(10-8-15)26(29)30/h1-13H/b20-12-. The minimum Gasteiger partial charge on any atom is -0.423 e. The number of esters is 2. The second kappa shape index (κ2) is 8.94. The van der Waals surface area contributed by atoms with Crippen LogP contribution in [0.3, 0.4) is 0 Å². The van der Waals surface area contributed by atoms with Crippen LogP contribution in [0.5, 0.6) is 5.75 Å². The Hall–Kier alpha value is -4.11. The van der Waals surface area contributed by atoms with Gasteiger partial charge in [0, 0.05) is 22.2 Å². The molecular weight excluding hydrogens is 480 g/mol. The van der Waals surface area contributed by atoms with Gasteiger partial charge in [-0.15, -0.1) is 0 Å². The fourth-order valence-electron chi connectivity index (χ4n) is 2.87. The van der Waals surface area contributed by atoms with Crippen molar-refractivity contribution in [2.75, 3.05) is 0 Å². The van der Waals surface area contributed by atoms with Gasteiger partial charge in [0.25, 0.3) is 5.69 Å². The maximum atomic E-state index is 12.3. The number of hydrogen-bond acceptors (Lipinski definition) is 7. The second-order valence-corrected chi connectivity index (χ2v) is 7.53. The molecule has 0 unspecified atom stereocenters. The van der Waals surface area contributed by atoms with Gasteiger partial charge in [-0.25, -0.2) is 14.6 Å². The molecule has 32 heavy (non-hydrogen) atoms. The molecule has 0 spiro atoms. The Morgan fingerprint density at radius 2 is 1.81 bits per heavy atom. The van der Waals surface area contributed by atoms with Crippen LogP contribution in [0.15, 0.2) is 88.0 Å². The molecule has 0 atom stereocenters. The molecular formula is C23H13BrN2O6. The van der Waals surface area contributed by atoms with Crippen molar-refractivity contribution in [3.8, 4) is 5.75 Å². The highest BCUT2D eigenvalue weighted by atomic mass is 79.9. The first kappa shape index (κ1) is 21.1. The number of carbonyl (C=O) groups excluding carboxylic acids is 2. The molecule has 0 bridgehead atoms. The average Bonchev–Trinajstić information content (AvgIpc) is 3.14. The second-order valence-electron chi connectivity index (χ2n) is 6.61. The molecule has 9 heteroatoms. The molecule has 1 aliphatic rings. The van der Waals surface area contributed by atoms with Gasteiger partial charge in [-0.3, -0.25) is 10.1 Å². The molecule has 0 fully saturated rings. The number of ether oxygens (including phenoxy) is 2. The lowest BCUT2D eigenvalue weighted by Gasteiger charge is -2.05. The zero-order chi connectivity index (χ0) is 22.7. The lowest BCUT2D eigenvalue weighted by molar-refractivity contribution is -0.384. The normalized spacial score (nSPS) is 14.1. The highest BCUT2D eigenvalue weighted by Crippen LogP contribution is 2.23. The Kier molecular flexibility index (Phi) is 5.91. The maximum Gasteiger partial charge on any atom is 0.363 e. The van der Waals surface area contributed by atoms with Gasteiger partial charge in [0.15, 0.2) is 5.70 Å². The van der Waals surface area contributed by atoms with Crippen LogP contribution in [-0.4, -0.2) is 22.8 Å². The predicted octanol–water partition coefficient (Wildman–Crippen LogP) is 4.92. The number of nitro benzene ring substituents is 1. The lowest BCUT2D eigenvalue weighted by Crippen LogP contribution is -2.08. The van der Waals surface area contributed by atoms with Crippen molar-refractivity contribution in [3.63, 3.8) is 0 Å². The molecule has 0 saturated carbocycles. The van der Waals surface area contributed by atoms with Crippen molar-refractivity contribution >= 4 is 45.5 Å². The van der Waals surface area contributed by atoms with E-state index < -0.39 is 16.9 Å². The summed E-state index contributed by atoms with van der Waals surface area (Å²) >= 11 is 3.37. The fraction of sp³-hybridized carbons (Fsp3) is 0. The summed E-state index contributed by atoms with van der Waals surface area (Å²) in [4.78, 5) is 39.0. The Bertz CT molecular complexity index is 1300. The summed E-state index contributed by atoms with van der Waals surface area (Å²) in [5, 5.41) is 10.7. The van der Waals surface area contributed by atoms with Gasteiger partial charge >= 0.3 is 11.9 Å². The van der Waals surface area contributed by atoms with Crippen molar-refractivity contribution in [1.82, 2.24) is 0 Å². The first-order valence-electron chi connectivity index (χ1n) is 9.24. The fourth-order valence-corrected chi connectivity index (χ4v) is 3.26. The van der Waals surface area contributed by atoms with E-state index in [2.05, 4.69) is 20.9 Å². The van der Waals surface area contributed by atoms with Crippen LogP contribution in [0.2, 0.25) is 0 Å². The topological polar surface area (TPSA) is 108 Å². The molecule has 4 rings (SSSR count). The first-order valence-corrected chi connectivity index (χ1v) is 10.0. The van der Waals surface area contributed by atoms with E-state index in [1.54, 1.807) is 42.5 Å². The minimum atomic E-state index is -0.667. The molecule has 158 valence electrons. The third kappa shape index (κ3) is 4.79. The molecule has 0 aliphatic carbocycles. The third-order valence-electron chi connectivity index (χ3n) is 4.38. The van der Waals surface area contributed by atoms with Crippen LogP contribution in [0.25, 0.3) is 6.08 Å². The van der Waals surface area contributed by atoms with E-state index in [4.69, 9.17) is 9.47 Å². The van der Waals surface area contributed by atoms with E-state index in [-0.39, 0.29) is 28.6 Å². The highest BCUT2D eigenvalue weighted by Gasteiger charge is 2.24. The quantitative estimate of drug-likeness (QED) is 0.164. The summed E-state index contributed by atoms with van der Waals surface area (Å²) in [7, 11) is 0. The van der Waals surface area contributed by atoms with E-state index in [0.29, 0.717) is 11.1 Å². The largest absolute Gasteiger partial charge is 0.423 e. The van der Waals surface area contributed by atoms with Gasteiger partial charge in [0.2, 0.25) is 5.90 Å². The summed E-state index contributed by atoms with van der Waals surface area (Å²) in [6, 6.07) is 18.8. The van der Waals surface area contributed by atoms with Crippen molar-refractivity contribution < 1.29 is 24.0 Å². The van der Waals surface area contributed by atoms with Gasteiger partial charge in [-0.2, -0.15) is 0 Å². The van der Waals surface area contributed by atoms with Crippen LogP contribution < -0.4 is 4.74 Å². The average molecular weight is 493 g/mol. The zero-order valence-corrected chi connectivity index (χ0v) is 17.8. The van der Waals surface area contributed by atoms with Crippen LogP contribution in [-0.2, 0) is 9.53 Å². The lowest BCUT2D eigenvalue weighted by atomic mass is 10.2. The van der Waals surface area contributed by atoms with Gasteiger partial charge in [0.05, 0.1) is 10.5 Å². The number of non-ortho nitro benzene ring substituents is 1. The SMILES string of the molecule is O=C1OC(c2cccc(Br)c2)=N/C1=C\c1cccc(OC(=O)c2ccc([N+](=O)[O-])cc2)c1. The van der Waals surface area contributed by atoms with E-state index in [1.807, 2.05) is 6.07 Å². The van der Waals surface area contributed by atoms with Gasteiger partial charge < -0.3 is 9.47 Å². The third-order valence-corrected chi connectivity index (χ3v) is 4.87. The number of benzene rings is 3. The number of cyclic esters (lactones) is 1. The van der Waals surface area contributed by atoms with Crippen LogP contribution in [0.1, 0.15) is 21.5 Å². The Morgan fingerprint density at radius 1 is 1.06 bits per heavy atom. The van der Waals surface area contributed by atoms with Crippen molar-refractivity contribution in [3.05, 3.63) is 110 Å². The van der Waals surface area contributed by atoms with Crippen molar-refractivity contribution in [1.29, 1.82) is 0 Å². The number of rotatable bonds is 5. The van der Waals surface area contributed by atoms with Gasteiger partial charge in [0.1, 0.15) is 5.75 Å². The Morgan fingerprint density at radius 3 is 2.53 bits per heavy atom. The smallest absolute Gasteiger partial charge is 0.363 e. The summed E-state index contributed by atoms with van der Waals surface area (Å²) in [6.45, 7) is 0. The molecule has 8 nitrogen and oxygen atoms in total. The van der Waals surface area contributed by atoms with E-state index >= 15 is 0 Å². The molecule has 0 N–H and O–H groups in total. The molecule has 0 radical (unpaired) electrons. The summed E-state index contributed by atoms with van der Waals surface area (Å²) in [5.41, 5.74) is 1.38. The summed E-state index contributed by atoms with van der Waals surface area (Å²) in [5.74, 6) is -0.818. The molecule has 1 heterocycles. The van der Waals surface area contributed by atoms with Crippen LogP contribution >= 0.6 is 15.9 Å². The molecule has 1 aliphatic heterocycles. The molecule has 3 aromatic rings. The summed E-state index contributed by atoms with van der Waals surface area (Å²) < 4.78 is 11.4. The number of nitro groups is 1. The number of halogens is 1. The Labute approximate surface area is 190 Å². The van der Waals surface area contributed by atoms with Gasteiger partial charge in [-0.05, 0) is 54.1 Å². The number of nitrogens with zero attached hydrogens (tertiary/aromatic N) is 2. The highest BCUT2D eigenvalue weighted by molar-refractivity contribution is 9.10. The first-order chi connectivity index (χ1) is 15.4. The van der Waals surface area contributed by atoms with Crippen LogP contribution in [0, 0.1) is 10.1 Å². The predicted molar refractivity (Wildman–Crippen MR) is 119 cm³/mol. The minimum absolute atomic E-state index is 0.110.